The van der Waals surface area contributed by atoms with Crippen molar-refractivity contribution in [2.75, 3.05) is 0 Å². The van der Waals surface area contributed by atoms with Gasteiger partial charge in [0.05, 0.1) is 24.0 Å². The summed E-state index contributed by atoms with van der Waals surface area (Å²) in [6.45, 7) is 0.282. The van der Waals surface area contributed by atoms with Gasteiger partial charge in [-0.3, -0.25) is 0 Å². The van der Waals surface area contributed by atoms with Gasteiger partial charge in [-0.25, -0.2) is 4.98 Å². The lowest BCUT2D eigenvalue weighted by Gasteiger charge is -2.00. The summed E-state index contributed by atoms with van der Waals surface area (Å²) in [6.07, 6.45) is 1.66. The highest BCUT2D eigenvalue weighted by Crippen LogP contribution is 2.29. The highest BCUT2D eigenvalue weighted by atomic mass is 16.4. The molecule has 0 aliphatic carbocycles. The minimum Gasteiger partial charge on any atom is -0.508 e. The molecule has 1 aromatic carbocycles. The highest BCUT2D eigenvalue weighted by Gasteiger charge is 2.12. The van der Waals surface area contributed by atoms with E-state index in [1.54, 1.807) is 18.3 Å². The van der Waals surface area contributed by atoms with Gasteiger partial charge in [0.25, 0.3) is 0 Å². The van der Waals surface area contributed by atoms with Crippen molar-refractivity contribution in [1.29, 1.82) is 0 Å². The molecule has 0 amide bonds. The number of nitrogens with two attached hydrogens (primary N) is 1. The molecule has 2 aromatic heterocycles. The lowest BCUT2D eigenvalue weighted by Crippen LogP contribution is -1.95. The van der Waals surface area contributed by atoms with Crippen molar-refractivity contribution in [3.05, 3.63) is 36.4 Å². The summed E-state index contributed by atoms with van der Waals surface area (Å²) < 4.78 is 7.49. The molecular weight excluding hydrogens is 230 g/mol. The van der Waals surface area contributed by atoms with Crippen LogP contribution >= 0.6 is 0 Å². The molecule has 3 aromatic rings. The first-order valence-electron chi connectivity index (χ1n) is 5.62. The Morgan fingerprint density at radius 2 is 2.22 bits per heavy atom. The van der Waals surface area contributed by atoms with E-state index < -0.39 is 0 Å². The lowest BCUT2D eigenvalue weighted by molar-refractivity contribution is 0.476. The maximum absolute atomic E-state index is 9.51. The zero-order chi connectivity index (χ0) is 12.7. The number of aromatic nitrogens is 2. The van der Waals surface area contributed by atoms with Gasteiger partial charge in [0.15, 0.2) is 5.76 Å². The Balaban J connectivity index is 2.20. The van der Waals surface area contributed by atoms with Crippen LogP contribution in [0.1, 0.15) is 5.89 Å². The van der Waals surface area contributed by atoms with Gasteiger partial charge in [0.2, 0.25) is 5.89 Å². The largest absolute Gasteiger partial charge is 0.508 e. The number of nitrogens with zero attached hydrogens (tertiary/aromatic N) is 2. The topological polar surface area (TPSA) is 77.2 Å². The van der Waals surface area contributed by atoms with Crippen LogP contribution in [-0.2, 0) is 13.6 Å². The van der Waals surface area contributed by atoms with E-state index in [2.05, 4.69) is 4.98 Å². The van der Waals surface area contributed by atoms with Crippen molar-refractivity contribution in [2.24, 2.45) is 12.8 Å². The van der Waals surface area contributed by atoms with Crippen LogP contribution in [0, 0.1) is 0 Å². The molecule has 92 valence electrons. The zero-order valence-corrected chi connectivity index (χ0v) is 9.92. The van der Waals surface area contributed by atoms with Crippen LogP contribution in [0.3, 0.4) is 0 Å². The fourth-order valence-corrected chi connectivity index (χ4v) is 2.08. The van der Waals surface area contributed by atoms with Crippen LogP contribution in [0.25, 0.3) is 22.4 Å². The lowest BCUT2D eigenvalue weighted by atomic mass is 10.2. The van der Waals surface area contributed by atoms with Crippen molar-refractivity contribution < 1.29 is 9.52 Å². The van der Waals surface area contributed by atoms with Crippen LogP contribution < -0.4 is 5.73 Å². The molecule has 0 radical (unpaired) electrons. The molecule has 0 unspecified atom stereocenters. The third kappa shape index (κ3) is 1.56. The minimum absolute atomic E-state index is 0.246. The molecule has 0 aliphatic rings. The van der Waals surface area contributed by atoms with Crippen molar-refractivity contribution in [2.45, 2.75) is 6.54 Å². The quantitative estimate of drug-likeness (QED) is 0.721. The first-order valence-corrected chi connectivity index (χ1v) is 5.62. The Bertz CT molecular complexity index is 712. The summed E-state index contributed by atoms with van der Waals surface area (Å²) in [5.41, 5.74) is 7.32. The number of hydrogen-bond acceptors (Lipinski definition) is 4. The van der Waals surface area contributed by atoms with Gasteiger partial charge in [-0.2, -0.15) is 0 Å². The summed E-state index contributed by atoms with van der Waals surface area (Å²) >= 11 is 0. The summed E-state index contributed by atoms with van der Waals surface area (Å²) in [5, 5.41) is 10.5. The molecule has 0 fully saturated rings. The second kappa shape index (κ2) is 3.89. The number of rotatable bonds is 2. The number of fused-ring (bicyclic) bond motifs is 1. The maximum Gasteiger partial charge on any atom is 0.208 e. The van der Waals surface area contributed by atoms with Crippen LogP contribution in [-0.4, -0.2) is 14.7 Å². The number of oxazole rings is 1. The van der Waals surface area contributed by atoms with E-state index in [-0.39, 0.29) is 12.3 Å². The molecule has 5 heteroatoms. The predicted octanol–water partition coefficient (Wildman–Crippen LogP) is 2.00. The third-order valence-electron chi connectivity index (χ3n) is 3.01. The van der Waals surface area contributed by atoms with Crippen LogP contribution in [0.15, 0.2) is 34.9 Å². The zero-order valence-electron chi connectivity index (χ0n) is 9.92. The van der Waals surface area contributed by atoms with Gasteiger partial charge in [-0.1, -0.05) is 0 Å². The number of benzene rings is 1. The van der Waals surface area contributed by atoms with E-state index in [1.165, 1.54) is 0 Å². The molecule has 0 aliphatic heterocycles. The van der Waals surface area contributed by atoms with E-state index in [1.807, 2.05) is 23.7 Å². The van der Waals surface area contributed by atoms with E-state index in [9.17, 15) is 5.11 Å². The Morgan fingerprint density at radius 3 is 2.94 bits per heavy atom. The van der Waals surface area contributed by atoms with E-state index in [0.717, 1.165) is 16.6 Å². The van der Waals surface area contributed by atoms with Crippen molar-refractivity contribution >= 4 is 10.9 Å². The fourth-order valence-electron chi connectivity index (χ4n) is 2.08. The average molecular weight is 243 g/mol. The Kier molecular flexibility index (Phi) is 2.34. The van der Waals surface area contributed by atoms with Gasteiger partial charge in [0.1, 0.15) is 5.75 Å². The summed E-state index contributed by atoms with van der Waals surface area (Å²) in [4.78, 5) is 4.09. The monoisotopic (exact) mass is 243 g/mol. The molecule has 3 N–H and O–H groups in total. The normalized spacial score (nSPS) is 11.2. The van der Waals surface area contributed by atoms with Crippen molar-refractivity contribution in [3.8, 4) is 17.2 Å². The molecule has 0 spiro atoms. The molecule has 0 atom stereocenters. The highest BCUT2D eigenvalue weighted by molar-refractivity contribution is 5.87. The third-order valence-corrected chi connectivity index (χ3v) is 3.01. The molecule has 0 saturated heterocycles. The number of phenolic OH excluding ortho intramolecular Hbond substituents is 1. The minimum atomic E-state index is 0.246. The second-order valence-electron chi connectivity index (χ2n) is 4.15. The summed E-state index contributed by atoms with van der Waals surface area (Å²) in [5.74, 6) is 1.43. The molecule has 2 heterocycles. The van der Waals surface area contributed by atoms with E-state index >= 15 is 0 Å². The molecule has 0 bridgehead atoms. The number of hydrogen-bond donors (Lipinski definition) is 2. The van der Waals surface area contributed by atoms with Crippen LogP contribution in [0.4, 0.5) is 0 Å². The first-order chi connectivity index (χ1) is 8.69. The molecule has 18 heavy (non-hydrogen) atoms. The van der Waals surface area contributed by atoms with Gasteiger partial charge in [0, 0.05) is 18.5 Å². The fraction of sp³-hybridized carbons (Fsp3) is 0.154. The van der Waals surface area contributed by atoms with E-state index in [4.69, 9.17) is 10.2 Å². The van der Waals surface area contributed by atoms with Crippen molar-refractivity contribution in [3.63, 3.8) is 0 Å². The average Bonchev–Trinajstić information content (AvgIpc) is 2.95. The van der Waals surface area contributed by atoms with Crippen LogP contribution in [0.5, 0.6) is 5.75 Å². The molecular formula is C13H13N3O2. The first kappa shape index (κ1) is 10.9. The Labute approximate surface area is 103 Å². The predicted molar refractivity (Wildman–Crippen MR) is 68.0 cm³/mol. The van der Waals surface area contributed by atoms with E-state index in [0.29, 0.717) is 11.7 Å². The maximum atomic E-state index is 9.51. The SMILES string of the molecule is Cn1c(-c2cnc(CN)o2)cc2ccc(O)cc21. The van der Waals surface area contributed by atoms with Gasteiger partial charge < -0.3 is 19.8 Å². The van der Waals surface area contributed by atoms with Gasteiger partial charge in [-0.15, -0.1) is 0 Å². The van der Waals surface area contributed by atoms with Gasteiger partial charge >= 0.3 is 0 Å². The number of aromatic hydroxyl groups is 1. The second-order valence-corrected chi connectivity index (χ2v) is 4.15. The Hall–Kier alpha value is -2.27. The molecule has 3 rings (SSSR count). The summed E-state index contributed by atoms with van der Waals surface area (Å²) in [6, 6.07) is 7.25. The number of aryl methyl sites for hydroxylation is 1. The Morgan fingerprint density at radius 1 is 1.39 bits per heavy atom. The molecule has 5 nitrogen and oxygen atoms in total. The molecule has 0 saturated carbocycles. The summed E-state index contributed by atoms with van der Waals surface area (Å²) in [7, 11) is 1.92. The van der Waals surface area contributed by atoms with Crippen molar-refractivity contribution in [1.82, 2.24) is 9.55 Å². The number of phenols is 1. The van der Waals surface area contributed by atoms with Crippen LogP contribution in [0.2, 0.25) is 0 Å². The van der Waals surface area contributed by atoms with Gasteiger partial charge in [-0.05, 0) is 18.2 Å². The smallest absolute Gasteiger partial charge is 0.208 e. The standard InChI is InChI=1S/C13H13N3O2/c1-16-10-5-9(17)3-2-8(10)4-11(16)12-7-15-13(6-14)18-12/h2-5,7,17H,6,14H2,1H3.